The van der Waals surface area contributed by atoms with Crippen LogP contribution in [-0.2, 0) is 20.8 Å². The Kier molecular flexibility index (Phi) is 8.92. The molecule has 7 heteroatoms. The standard InChI is InChI=1S/C34H36N2O5/c1-22-20-27(36-34(40)30-11-3-2-10-29(30)32(38)24-7-5-8-24)14-17-31(22)41-28-15-12-26(13-16-28)35-33(39)25-9-4-6-23(21-25)18-19-37/h4,6,9,12-17,19-21,24,29-30H,2-3,5,7-8,10-11,18H2,1H3,(H,35,39)(H,36,40). The SMILES string of the molecule is Cc1cc(NC(=O)C2CCCCC2C(=O)C2CCC2)ccc1Oc1ccc(NC(=O)c2cccc(CC=O)c2)cc1. The van der Waals surface area contributed by atoms with Crippen LogP contribution >= 0.6 is 0 Å². The summed E-state index contributed by atoms with van der Waals surface area (Å²) in [6.45, 7) is 1.92. The summed E-state index contributed by atoms with van der Waals surface area (Å²) in [6, 6.07) is 19.6. The van der Waals surface area contributed by atoms with Crippen LogP contribution in [0.1, 0.15) is 66.4 Å². The number of rotatable bonds is 10. The van der Waals surface area contributed by atoms with E-state index in [0.717, 1.165) is 62.4 Å². The highest BCUT2D eigenvalue weighted by Gasteiger charge is 2.40. The summed E-state index contributed by atoms with van der Waals surface area (Å²) in [7, 11) is 0. The first-order valence-electron chi connectivity index (χ1n) is 14.5. The minimum atomic E-state index is -0.258. The average Bonchev–Trinajstić information content (AvgIpc) is 2.95. The lowest BCUT2D eigenvalue weighted by Crippen LogP contribution is -2.40. The summed E-state index contributed by atoms with van der Waals surface area (Å²) in [5, 5.41) is 5.91. The number of aldehydes is 1. The van der Waals surface area contributed by atoms with E-state index in [1.165, 1.54) is 0 Å². The molecule has 5 rings (SSSR count). The average molecular weight is 553 g/mol. The molecule has 2 unspecified atom stereocenters. The van der Waals surface area contributed by atoms with Crippen molar-refractivity contribution < 1.29 is 23.9 Å². The molecule has 7 nitrogen and oxygen atoms in total. The quantitative estimate of drug-likeness (QED) is 0.267. The van der Waals surface area contributed by atoms with Gasteiger partial charge in [0.1, 0.15) is 23.6 Å². The second-order valence-corrected chi connectivity index (χ2v) is 11.1. The van der Waals surface area contributed by atoms with Crippen molar-refractivity contribution >= 4 is 35.3 Å². The lowest BCUT2D eigenvalue weighted by molar-refractivity contribution is -0.137. The number of carbonyl (C=O) groups is 4. The van der Waals surface area contributed by atoms with E-state index >= 15 is 0 Å². The highest BCUT2D eigenvalue weighted by atomic mass is 16.5. The molecule has 0 saturated heterocycles. The first kappa shape index (κ1) is 28.3. The highest BCUT2D eigenvalue weighted by Crippen LogP contribution is 2.38. The molecule has 2 aliphatic rings. The van der Waals surface area contributed by atoms with Gasteiger partial charge in [0.2, 0.25) is 5.91 Å². The normalized spacial score (nSPS) is 18.6. The second kappa shape index (κ2) is 12.9. The Bertz CT molecular complexity index is 1430. The number of ketones is 1. The van der Waals surface area contributed by atoms with Gasteiger partial charge in [-0.05, 0) is 98.3 Å². The van der Waals surface area contributed by atoms with E-state index in [-0.39, 0.29) is 36.0 Å². The molecule has 2 N–H and O–H groups in total. The van der Waals surface area contributed by atoms with Crippen LogP contribution in [0.4, 0.5) is 11.4 Å². The molecule has 0 heterocycles. The number of nitrogens with one attached hydrogen (secondary N) is 2. The van der Waals surface area contributed by atoms with E-state index in [1.807, 2.05) is 31.2 Å². The van der Waals surface area contributed by atoms with Crippen molar-refractivity contribution in [3.63, 3.8) is 0 Å². The molecule has 2 saturated carbocycles. The third-order valence-corrected chi connectivity index (χ3v) is 8.27. The maximum atomic E-state index is 13.2. The number of anilines is 2. The van der Waals surface area contributed by atoms with Gasteiger partial charge in [-0.1, -0.05) is 31.4 Å². The minimum Gasteiger partial charge on any atom is -0.457 e. The van der Waals surface area contributed by atoms with Gasteiger partial charge in [-0.15, -0.1) is 0 Å². The predicted octanol–water partition coefficient (Wildman–Crippen LogP) is 6.90. The molecule has 0 spiro atoms. The smallest absolute Gasteiger partial charge is 0.255 e. The van der Waals surface area contributed by atoms with Crippen molar-refractivity contribution in [3.05, 3.63) is 83.4 Å². The number of benzene rings is 3. The van der Waals surface area contributed by atoms with Crippen LogP contribution in [0.2, 0.25) is 0 Å². The molecular formula is C34H36N2O5. The van der Waals surface area contributed by atoms with Gasteiger partial charge in [0.25, 0.3) is 5.91 Å². The molecule has 2 fully saturated rings. The van der Waals surface area contributed by atoms with E-state index in [1.54, 1.807) is 42.5 Å². The molecule has 3 aromatic carbocycles. The lowest BCUT2D eigenvalue weighted by Gasteiger charge is -2.34. The molecule has 2 amide bonds. The summed E-state index contributed by atoms with van der Waals surface area (Å²) < 4.78 is 6.06. The number of hydrogen-bond donors (Lipinski definition) is 2. The molecule has 0 aromatic heterocycles. The fourth-order valence-electron chi connectivity index (χ4n) is 5.73. The van der Waals surface area contributed by atoms with Gasteiger partial charge in [0.05, 0.1) is 0 Å². The minimum absolute atomic E-state index is 0.0662. The maximum Gasteiger partial charge on any atom is 0.255 e. The Morgan fingerprint density at radius 2 is 1.56 bits per heavy atom. The molecule has 0 aliphatic heterocycles. The number of hydrogen-bond acceptors (Lipinski definition) is 5. The van der Waals surface area contributed by atoms with Gasteiger partial charge in [0, 0.05) is 41.1 Å². The van der Waals surface area contributed by atoms with Gasteiger partial charge in [-0.25, -0.2) is 0 Å². The van der Waals surface area contributed by atoms with Crippen LogP contribution in [0.25, 0.3) is 0 Å². The van der Waals surface area contributed by atoms with Crippen LogP contribution in [0.3, 0.4) is 0 Å². The van der Waals surface area contributed by atoms with Crippen molar-refractivity contribution in [2.45, 2.75) is 58.3 Å². The Hall–Kier alpha value is -4.26. The third kappa shape index (κ3) is 6.91. The first-order chi connectivity index (χ1) is 19.9. The van der Waals surface area contributed by atoms with Gasteiger partial charge >= 0.3 is 0 Å². The first-order valence-corrected chi connectivity index (χ1v) is 14.5. The summed E-state index contributed by atoms with van der Waals surface area (Å²) in [4.78, 5) is 49.6. The van der Waals surface area contributed by atoms with E-state index < -0.39 is 0 Å². The van der Waals surface area contributed by atoms with Gasteiger partial charge in [-0.2, -0.15) is 0 Å². The Morgan fingerprint density at radius 1 is 0.829 bits per heavy atom. The maximum absolute atomic E-state index is 13.2. The zero-order valence-electron chi connectivity index (χ0n) is 23.4. The van der Waals surface area contributed by atoms with Crippen LogP contribution in [-0.4, -0.2) is 23.9 Å². The zero-order valence-corrected chi connectivity index (χ0v) is 23.4. The number of amides is 2. The van der Waals surface area contributed by atoms with E-state index in [4.69, 9.17) is 4.74 Å². The molecule has 41 heavy (non-hydrogen) atoms. The fraction of sp³-hybridized carbons (Fsp3) is 0.353. The summed E-state index contributed by atoms with van der Waals surface area (Å²) >= 11 is 0. The monoisotopic (exact) mass is 552 g/mol. The fourth-order valence-corrected chi connectivity index (χ4v) is 5.73. The predicted molar refractivity (Wildman–Crippen MR) is 158 cm³/mol. The summed E-state index contributed by atoms with van der Waals surface area (Å²) in [6.07, 6.45) is 7.72. The number of ether oxygens (including phenoxy) is 1. The molecule has 212 valence electrons. The van der Waals surface area contributed by atoms with Gasteiger partial charge in [-0.3, -0.25) is 14.4 Å². The molecule has 0 radical (unpaired) electrons. The lowest BCUT2D eigenvalue weighted by atomic mass is 9.69. The molecule has 2 aliphatic carbocycles. The Balaban J connectivity index is 1.18. The van der Waals surface area contributed by atoms with Crippen LogP contribution in [0.15, 0.2) is 66.7 Å². The van der Waals surface area contributed by atoms with Crippen LogP contribution < -0.4 is 15.4 Å². The van der Waals surface area contributed by atoms with E-state index in [9.17, 15) is 19.2 Å². The van der Waals surface area contributed by atoms with Crippen molar-refractivity contribution in [1.29, 1.82) is 0 Å². The summed E-state index contributed by atoms with van der Waals surface area (Å²) in [5.74, 6) is 0.980. The second-order valence-electron chi connectivity index (χ2n) is 11.1. The van der Waals surface area contributed by atoms with Crippen LogP contribution in [0.5, 0.6) is 11.5 Å². The van der Waals surface area contributed by atoms with Gasteiger partial charge in [0.15, 0.2) is 0 Å². The topological polar surface area (TPSA) is 102 Å². The Labute approximate surface area is 240 Å². The molecular weight excluding hydrogens is 516 g/mol. The van der Waals surface area contributed by atoms with E-state index in [2.05, 4.69) is 10.6 Å². The van der Waals surface area contributed by atoms with E-state index in [0.29, 0.717) is 34.2 Å². The Morgan fingerprint density at radius 3 is 2.24 bits per heavy atom. The molecule has 2 atom stereocenters. The van der Waals surface area contributed by atoms with Gasteiger partial charge < -0.3 is 20.2 Å². The van der Waals surface area contributed by atoms with Crippen molar-refractivity contribution in [1.82, 2.24) is 0 Å². The number of aryl methyl sites for hydroxylation is 1. The van der Waals surface area contributed by atoms with Crippen molar-refractivity contribution in [2.24, 2.45) is 17.8 Å². The number of Topliss-reactive ketones (excluding diaryl/α,β-unsaturated/α-hetero) is 1. The molecule has 3 aromatic rings. The zero-order chi connectivity index (χ0) is 28.8. The molecule has 0 bridgehead atoms. The summed E-state index contributed by atoms with van der Waals surface area (Å²) in [5.41, 5.74) is 3.44. The van der Waals surface area contributed by atoms with Crippen LogP contribution in [0, 0.1) is 24.7 Å². The highest BCUT2D eigenvalue weighted by molar-refractivity contribution is 6.04. The van der Waals surface area contributed by atoms with Crippen molar-refractivity contribution in [3.8, 4) is 11.5 Å². The largest absolute Gasteiger partial charge is 0.457 e. The number of carbonyl (C=O) groups excluding carboxylic acids is 4. The van der Waals surface area contributed by atoms with Crippen molar-refractivity contribution in [2.75, 3.05) is 10.6 Å². The third-order valence-electron chi connectivity index (χ3n) is 8.27.